The average Bonchev–Trinajstić information content (AvgIpc) is 2.43. The van der Waals surface area contributed by atoms with Gasteiger partial charge in [-0.15, -0.1) is 0 Å². The van der Waals surface area contributed by atoms with E-state index in [1.54, 1.807) is 6.07 Å². The summed E-state index contributed by atoms with van der Waals surface area (Å²) < 4.78 is 36.4. The Morgan fingerprint density at radius 3 is 2.32 bits per heavy atom. The molecule has 0 spiro atoms. The first kappa shape index (κ1) is 15.7. The Kier molecular flexibility index (Phi) is 5.55. The van der Waals surface area contributed by atoms with Crippen LogP contribution >= 0.6 is 0 Å². The van der Waals surface area contributed by atoms with Gasteiger partial charge in [0.1, 0.15) is 16.4 Å². The van der Waals surface area contributed by atoms with Crippen molar-refractivity contribution in [3.05, 3.63) is 18.2 Å². The van der Waals surface area contributed by atoms with Crippen molar-refractivity contribution in [3.8, 4) is 11.5 Å². The summed E-state index contributed by atoms with van der Waals surface area (Å²) in [7, 11) is -1.18. The molecule has 0 amide bonds. The van der Waals surface area contributed by atoms with Crippen LogP contribution in [-0.4, -0.2) is 52.1 Å². The van der Waals surface area contributed by atoms with Gasteiger partial charge in [-0.1, -0.05) is 0 Å². The molecule has 1 aromatic rings. The summed E-state index contributed by atoms with van der Waals surface area (Å²) in [6.45, 7) is -1.02. The minimum atomic E-state index is -3.93. The van der Waals surface area contributed by atoms with Crippen LogP contribution in [0.3, 0.4) is 0 Å². The third kappa shape index (κ3) is 3.80. The highest BCUT2D eigenvalue weighted by Crippen LogP contribution is 2.28. The predicted molar refractivity (Wildman–Crippen MR) is 67.8 cm³/mol. The summed E-state index contributed by atoms with van der Waals surface area (Å²) in [5.41, 5.74) is 0. The lowest BCUT2D eigenvalue weighted by Crippen LogP contribution is -2.40. The predicted octanol–water partition coefficient (Wildman–Crippen LogP) is -0.665. The van der Waals surface area contributed by atoms with E-state index < -0.39 is 29.3 Å². The molecule has 0 radical (unpaired) electrons. The van der Waals surface area contributed by atoms with Crippen molar-refractivity contribution < 1.29 is 28.1 Å². The molecule has 0 heterocycles. The van der Waals surface area contributed by atoms with Gasteiger partial charge in [0.2, 0.25) is 10.0 Å². The van der Waals surface area contributed by atoms with E-state index in [1.165, 1.54) is 26.4 Å². The number of hydrogen-bond donors (Lipinski definition) is 3. The Balaban J connectivity index is 3.18. The second-order valence-corrected chi connectivity index (χ2v) is 5.38. The molecule has 19 heavy (non-hydrogen) atoms. The molecule has 0 saturated carbocycles. The van der Waals surface area contributed by atoms with Crippen LogP contribution in [0.15, 0.2) is 23.1 Å². The van der Waals surface area contributed by atoms with Crippen LogP contribution in [0, 0.1) is 0 Å². The fraction of sp³-hybridized carbons (Fsp3) is 0.455. The summed E-state index contributed by atoms with van der Waals surface area (Å²) in [6, 6.07) is 3.35. The van der Waals surface area contributed by atoms with Crippen molar-refractivity contribution >= 4 is 10.0 Å². The molecule has 0 atom stereocenters. The van der Waals surface area contributed by atoms with Crippen LogP contribution in [0.2, 0.25) is 0 Å². The van der Waals surface area contributed by atoms with Crippen molar-refractivity contribution in [2.75, 3.05) is 27.4 Å². The maximum absolute atomic E-state index is 12.1. The zero-order valence-electron chi connectivity index (χ0n) is 10.7. The lowest BCUT2D eigenvalue weighted by atomic mass is 10.3. The molecule has 0 saturated heterocycles. The van der Waals surface area contributed by atoms with Crippen molar-refractivity contribution in [2.45, 2.75) is 10.9 Å². The molecule has 8 heteroatoms. The largest absolute Gasteiger partial charge is 0.497 e. The van der Waals surface area contributed by atoms with E-state index in [9.17, 15) is 8.42 Å². The fourth-order valence-corrected chi connectivity index (χ4v) is 2.81. The van der Waals surface area contributed by atoms with E-state index in [2.05, 4.69) is 4.72 Å². The molecule has 7 nitrogen and oxygen atoms in total. The van der Waals surface area contributed by atoms with Gasteiger partial charge in [0, 0.05) is 6.07 Å². The number of methoxy groups -OCH3 is 2. The zero-order valence-corrected chi connectivity index (χ0v) is 11.5. The highest BCUT2D eigenvalue weighted by atomic mass is 32.2. The molecule has 1 rings (SSSR count). The SMILES string of the molecule is COc1ccc(OC)c(S(=O)(=O)NC(CO)CO)c1. The Bertz CT molecular complexity index is 512. The quantitative estimate of drug-likeness (QED) is 0.615. The van der Waals surface area contributed by atoms with Crippen molar-refractivity contribution in [2.24, 2.45) is 0 Å². The smallest absolute Gasteiger partial charge is 0.244 e. The van der Waals surface area contributed by atoms with Gasteiger partial charge in [-0.05, 0) is 12.1 Å². The molecule has 3 N–H and O–H groups in total. The summed E-state index contributed by atoms with van der Waals surface area (Å²) in [5.74, 6) is 0.494. The molecule has 1 aromatic carbocycles. The molecule has 0 bridgehead atoms. The molecule has 0 aliphatic carbocycles. The van der Waals surface area contributed by atoms with Crippen LogP contribution in [0.4, 0.5) is 0 Å². The molecule has 0 unspecified atom stereocenters. The average molecular weight is 291 g/mol. The van der Waals surface area contributed by atoms with Gasteiger partial charge in [0.05, 0.1) is 33.5 Å². The number of sulfonamides is 1. The van der Waals surface area contributed by atoms with Gasteiger partial charge >= 0.3 is 0 Å². The number of hydrogen-bond acceptors (Lipinski definition) is 6. The second-order valence-electron chi connectivity index (χ2n) is 3.70. The third-order valence-electron chi connectivity index (χ3n) is 2.42. The van der Waals surface area contributed by atoms with Crippen LogP contribution in [0.5, 0.6) is 11.5 Å². The minimum absolute atomic E-state index is 0.124. The minimum Gasteiger partial charge on any atom is -0.497 e. The number of benzene rings is 1. The highest BCUT2D eigenvalue weighted by Gasteiger charge is 2.23. The second kappa shape index (κ2) is 6.71. The summed E-state index contributed by atoms with van der Waals surface area (Å²) in [4.78, 5) is -0.124. The summed E-state index contributed by atoms with van der Waals surface area (Å²) in [6.07, 6.45) is 0. The number of aliphatic hydroxyl groups is 2. The van der Waals surface area contributed by atoms with Crippen LogP contribution in [-0.2, 0) is 10.0 Å². The lowest BCUT2D eigenvalue weighted by Gasteiger charge is -2.16. The Morgan fingerprint density at radius 2 is 1.84 bits per heavy atom. The number of ether oxygens (including phenoxy) is 2. The van der Waals surface area contributed by atoms with Gasteiger partial charge in [-0.2, -0.15) is 0 Å². The molecule has 0 aliphatic heterocycles. The van der Waals surface area contributed by atoms with Crippen molar-refractivity contribution in [1.29, 1.82) is 0 Å². The van der Waals surface area contributed by atoms with Crippen LogP contribution in [0.25, 0.3) is 0 Å². The van der Waals surface area contributed by atoms with Crippen LogP contribution < -0.4 is 14.2 Å². The maximum Gasteiger partial charge on any atom is 0.244 e. The molecule has 0 aliphatic rings. The Labute approximate surface area is 111 Å². The first-order chi connectivity index (χ1) is 8.98. The van der Waals surface area contributed by atoms with Crippen molar-refractivity contribution in [1.82, 2.24) is 4.72 Å². The molecule has 108 valence electrons. The number of aliphatic hydroxyl groups excluding tert-OH is 2. The topological polar surface area (TPSA) is 105 Å². The van der Waals surface area contributed by atoms with Crippen molar-refractivity contribution in [3.63, 3.8) is 0 Å². The van der Waals surface area contributed by atoms with Crippen LogP contribution in [0.1, 0.15) is 0 Å². The van der Waals surface area contributed by atoms with E-state index in [0.717, 1.165) is 0 Å². The monoisotopic (exact) mass is 291 g/mol. The maximum atomic E-state index is 12.1. The summed E-state index contributed by atoms with van der Waals surface area (Å²) >= 11 is 0. The van der Waals surface area contributed by atoms with Gasteiger partial charge in [-0.3, -0.25) is 0 Å². The van der Waals surface area contributed by atoms with Gasteiger partial charge in [0.15, 0.2) is 0 Å². The van der Waals surface area contributed by atoms with E-state index in [4.69, 9.17) is 19.7 Å². The zero-order chi connectivity index (χ0) is 14.5. The van der Waals surface area contributed by atoms with Gasteiger partial charge in [-0.25, -0.2) is 13.1 Å². The first-order valence-electron chi connectivity index (χ1n) is 5.44. The fourth-order valence-electron chi connectivity index (χ4n) is 1.41. The number of rotatable bonds is 7. The summed E-state index contributed by atoms with van der Waals surface area (Å²) in [5, 5.41) is 17.8. The standard InChI is InChI=1S/C11H17NO6S/c1-17-9-3-4-10(18-2)11(5-9)19(15,16)12-8(6-13)7-14/h3-5,8,12-14H,6-7H2,1-2H3. The molecular formula is C11H17NO6S. The Morgan fingerprint density at radius 1 is 1.21 bits per heavy atom. The highest BCUT2D eigenvalue weighted by molar-refractivity contribution is 7.89. The first-order valence-corrected chi connectivity index (χ1v) is 6.93. The van der Waals surface area contributed by atoms with E-state index >= 15 is 0 Å². The van der Waals surface area contributed by atoms with Gasteiger partial charge in [0.25, 0.3) is 0 Å². The van der Waals surface area contributed by atoms with E-state index in [-0.39, 0.29) is 10.6 Å². The van der Waals surface area contributed by atoms with E-state index in [0.29, 0.717) is 5.75 Å². The van der Waals surface area contributed by atoms with E-state index in [1.807, 2.05) is 0 Å². The normalized spacial score (nSPS) is 11.6. The van der Waals surface area contributed by atoms with Gasteiger partial charge < -0.3 is 19.7 Å². The molecule has 0 aromatic heterocycles. The third-order valence-corrected chi connectivity index (χ3v) is 3.96. The lowest BCUT2D eigenvalue weighted by molar-refractivity contribution is 0.185. The Hall–Kier alpha value is -1.35. The molecular weight excluding hydrogens is 274 g/mol. The number of nitrogens with one attached hydrogen (secondary N) is 1. The molecule has 0 fully saturated rings.